The summed E-state index contributed by atoms with van der Waals surface area (Å²) in [7, 11) is 0. The predicted octanol–water partition coefficient (Wildman–Crippen LogP) is 5.86. The number of anilines is 2. The van der Waals surface area contributed by atoms with Crippen molar-refractivity contribution < 1.29 is 9.59 Å². The van der Waals surface area contributed by atoms with Crippen LogP contribution >= 0.6 is 11.3 Å². The van der Waals surface area contributed by atoms with Gasteiger partial charge in [0.15, 0.2) is 0 Å². The normalized spacial score (nSPS) is 10.7. The fourth-order valence-corrected chi connectivity index (χ4v) is 4.33. The van der Waals surface area contributed by atoms with E-state index in [2.05, 4.69) is 20.6 Å². The Labute approximate surface area is 194 Å². The minimum absolute atomic E-state index is 0.270. The number of fused-ring (bicyclic) bond motifs is 1. The molecule has 0 saturated heterocycles. The third-order valence-corrected chi connectivity index (χ3v) is 6.05. The maximum Gasteiger partial charge on any atom is 0.257 e. The van der Waals surface area contributed by atoms with Gasteiger partial charge in [0.1, 0.15) is 5.01 Å². The molecule has 5 rings (SSSR count). The van der Waals surface area contributed by atoms with Crippen LogP contribution in [0.15, 0.2) is 97.3 Å². The van der Waals surface area contributed by atoms with Crippen LogP contribution in [0.25, 0.3) is 20.8 Å². The number of nitrogens with zero attached hydrogens (tertiary/aromatic N) is 2. The van der Waals surface area contributed by atoms with Gasteiger partial charge in [-0.25, -0.2) is 4.98 Å². The van der Waals surface area contributed by atoms with Gasteiger partial charge in [-0.05, 0) is 54.6 Å². The molecule has 0 aliphatic carbocycles. The highest BCUT2D eigenvalue weighted by molar-refractivity contribution is 7.21. The van der Waals surface area contributed by atoms with E-state index in [0.29, 0.717) is 22.5 Å². The summed E-state index contributed by atoms with van der Waals surface area (Å²) >= 11 is 1.61. The van der Waals surface area contributed by atoms with E-state index < -0.39 is 0 Å². The van der Waals surface area contributed by atoms with Crippen LogP contribution in [0.2, 0.25) is 0 Å². The van der Waals surface area contributed by atoms with E-state index >= 15 is 0 Å². The highest BCUT2D eigenvalue weighted by atomic mass is 32.1. The molecule has 5 aromatic rings. The van der Waals surface area contributed by atoms with E-state index in [1.54, 1.807) is 53.9 Å². The lowest BCUT2D eigenvalue weighted by atomic mass is 10.1. The molecule has 7 heteroatoms. The van der Waals surface area contributed by atoms with E-state index in [-0.39, 0.29) is 11.8 Å². The molecule has 0 aliphatic heterocycles. The molecule has 2 N–H and O–H groups in total. The van der Waals surface area contributed by atoms with Gasteiger partial charge < -0.3 is 10.6 Å². The van der Waals surface area contributed by atoms with Crippen LogP contribution in [-0.4, -0.2) is 21.8 Å². The summed E-state index contributed by atoms with van der Waals surface area (Å²) in [4.78, 5) is 33.9. The second-order valence-corrected chi connectivity index (χ2v) is 8.33. The van der Waals surface area contributed by atoms with Crippen LogP contribution in [0.3, 0.4) is 0 Å². The smallest absolute Gasteiger partial charge is 0.257 e. The van der Waals surface area contributed by atoms with Gasteiger partial charge in [-0.3, -0.25) is 14.6 Å². The summed E-state index contributed by atoms with van der Waals surface area (Å²) < 4.78 is 1.12. The van der Waals surface area contributed by atoms with E-state index in [4.69, 9.17) is 0 Å². The van der Waals surface area contributed by atoms with E-state index in [9.17, 15) is 9.59 Å². The fourth-order valence-electron chi connectivity index (χ4n) is 3.37. The quantitative estimate of drug-likeness (QED) is 0.351. The monoisotopic (exact) mass is 450 g/mol. The molecule has 160 valence electrons. The number of thiazole rings is 1. The van der Waals surface area contributed by atoms with Crippen molar-refractivity contribution in [3.05, 3.63) is 108 Å². The summed E-state index contributed by atoms with van der Waals surface area (Å²) in [6.07, 6.45) is 3.10. The summed E-state index contributed by atoms with van der Waals surface area (Å²) in [5, 5.41) is 6.62. The first kappa shape index (κ1) is 20.5. The molecule has 0 atom stereocenters. The third-order valence-electron chi connectivity index (χ3n) is 4.97. The maximum atomic E-state index is 12.9. The zero-order chi connectivity index (χ0) is 22.6. The molecule has 0 radical (unpaired) electrons. The number of hydrogen-bond acceptors (Lipinski definition) is 5. The maximum absolute atomic E-state index is 12.9. The molecule has 0 unspecified atom stereocenters. The van der Waals surface area contributed by atoms with Gasteiger partial charge in [0, 0.05) is 34.9 Å². The Morgan fingerprint density at radius 2 is 1.45 bits per heavy atom. The van der Waals surface area contributed by atoms with Crippen LogP contribution in [0.1, 0.15) is 20.7 Å². The van der Waals surface area contributed by atoms with Crippen molar-refractivity contribution in [2.24, 2.45) is 0 Å². The number of rotatable bonds is 5. The number of hydrogen-bond donors (Lipinski definition) is 2. The summed E-state index contributed by atoms with van der Waals surface area (Å²) in [6, 6.07) is 25.8. The number of benzene rings is 3. The molecule has 2 aromatic heterocycles. The Morgan fingerprint density at radius 3 is 2.24 bits per heavy atom. The Bertz CT molecular complexity index is 1430. The number of aromatic nitrogens is 2. The van der Waals surface area contributed by atoms with Gasteiger partial charge >= 0.3 is 0 Å². The minimum Gasteiger partial charge on any atom is -0.322 e. The highest BCUT2D eigenvalue weighted by Gasteiger charge is 2.11. The molecule has 33 heavy (non-hydrogen) atoms. The molecular weight excluding hydrogens is 432 g/mol. The summed E-state index contributed by atoms with van der Waals surface area (Å²) in [6.45, 7) is 0. The summed E-state index contributed by atoms with van der Waals surface area (Å²) in [5.41, 5.74) is 3.97. The zero-order valence-corrected chi connectivity index (χ0v) is 18.2. The van der Waals surface area contributed by atoms with Crippen molar-refractivity contribution >= 4 is 44.7 Å². The van der Waals surface area contributed by atoms with Crippen LogP contribution in [0.4, 0.5) is 11.4 Å². The van der Waals surface area contributed by atoms with E-state index in [0.717, 1.165) is 20.8 Å². The largest absolute Gasteiger partial charge is 0.322 e. The Kier molecular flexibility index (Phi) is 5.61. The molecule has 0 bridgehead atoms. The van der Waals surface area contributed by atoms with Crippen LogP contribution < -0.4 is 10.6 Å². The second-order valence-electron chi connectivity index (χ2n) is 7.30. The van der Waals surface area contributed by atoms with Crippen molar-refractivity contribution in [2.75, 3.05) is 10.6 Å². The summed E-state index contributed by atoms with van der Waals surface area (Å²) in [5.74, 6) is -0.557. The first-order chi connectivity index (χ1) is 16.2. The molecule has 6 nitrogen and oxygen atoms in total. The van der Waals surface area contributed by atoms with Gasteiger partial charge in [-0.1, -0.05) is 30.3 Å². The molecule has 0 spiro atoms. The average molecular weight is 451 g/mol. The Morgan fingerprint density at radius 1 is 0.727 bits per heavy atom. The van der Waals surface area contributed by atoms with Crippen molar-refractivity contribution in [1.29, 1.82) is 0 Å². The van der Waals surface area contributed by atoms with E-state index in [1.165, 1.54) is 6.20 Å². The lowest BCUT2D eigenvalue weighted by Gasteiger charge is -2.09. The molecule has 2 amide bonds. The van der Waals surface area contributed by atoms with Gasteiger partial charge in [-0.2, -0.15) is 0 Å². The second kappa shape index (κ2) is 9.02. The first-order valence-corrected chi connectivity index (χ1v) is 11.1. The Hall–Kier alpha value is -4.36. The molecule has 0 fully saturated rings. The van der Waals surface area contributed by atoms with Crippen molar-refractivity contribution in [3.63, 3.8) is 0 Å². The molecule has 0 aliphatic rings. The predicted molar refractivity (Wildman–Crippen MR) is 132 cm³/mol. The first-order valence-electron chi connectivity index (χ1n) is 10.2. The van der Waals surface area contributed by atoms with Crippen LogP contribution in [0.5, 0.6) is 0 Å². The topological polar surface area (TPSA) is 84.0 Å². The van der Waals surface area contributed by atoms with Crippen molar-refractivity contribution in [3.8, 4) is 10.6 Å². The van der Waals surface area contributed by atoms with Crippen molar-refractivity contribution in [1.82, 2.24) is 9.97 Å². The molecule has 3 aromatic carbocycles. The number of pyridine rings is 1. The zero-order valence-electron chi connectivity index (χ0n) is 17.4. The molecular formula is C26H18N4O2S. The minimum atomic E-state index is -0.288. The van der Waals surface area contributed by atoms with Gasteiger partial charge in [0.2, 0.25) is 0 Å². The standard InChI is InChI=1S/C26H18N4O2S/c31-24(17-6-3-9-20(14-17)29-25(32)19-8-5-13-27-16-19)28-21-10-4-7-18(15-21)26-30-22-11-1-2-12-23(22)33-26/h1-16H,(H,28,31)(H,29,32). The van der Waals surface area contributed by atoms with E-state index in [1.807, 2.05) is 48.5 Å². The molecule has 2 heterocycles. The lowest BCUT2D eigenvalue weighted by molar-refractivity contribution is 0.101. The fraction of sp³-hybridized carbons (Fsp3) is 0. The number of nitrogens with one attached hydrogen (secondary N) is 2. The lowest BCUT2D eigenvalue weighted by Crippen LogP contribution is -2.14. The van der Waals surface area contributed by atoms with Gasteiger partial charge in [-0.15, -0.1) is 11.3 Å². The Balaban J connectivity index is 1.32. The number of amides is 2. The third kappa shape index (κ3) is 4.63. The van der Waals surface area contributed by atoms with Gasteiger partial charge in [0.25, 0.3) is 11.8 Å². The highest BCUT2D eigenvalue weighted by Crippen LogP contribution is 2.31. The van der Waals surface area contributed by atoms with Crippen LogP contribution in [-0.2, 0) is 0 Å². The molecule has 0 saturated carbocycles. The van der Waals surface area contributed by atoms with Gasteiger partial charge in [0.05, 0.1) is 15.8 Å². The van der Waals surface area contributed by atoms with Crippen molar-refractivity contribution in [2.45, 2.75) is 0 Å². The SMILES string of the molecule is O=C(Nc1cccc(C(=O)Nc2cccc(-c3nc4ccccc4s3)c2)c1)c1cccnc1. The number of carbonyl (C=O) groups excluding carboxylic acids is 2. The van der Waals surface area contributed by atoms with Crippen LogP contribution in [0, 0.1) is 0 Å². The number of para-hydroxylation sites is 1. The average Bonchev–Trinajstić information content (AvgIpc) is 3.29. The number of carbonyl (C=O) groups is 2.